The fraction of sp³-hybridized carbons (Fsp3) is 0.412. The summed E-state index contributed by atoms with van der Waals surface area (Å²) >= 11 is 2.19. The Hall–Kier alpha value is -1.77. The van der Waals surface area contributed by atoms with E-state index in [1.165, 1.54) is 7.11 Å². The molecule has 0 aliphatic carbocycles. The first-order valence-corrected chi connectivity index (χ1v) is 8.84. The monoisotopic (exact) mass is 444 g/mol. The van der Waals surface area contributed by atoms with Gasteiger partial charge in [0.05, 0.1) is 25.3 Å². The number of allylic oxidation sites excluding steroid dienone is 1. The van der Waals surface area contributed by atoms with Crippen LogP contribution in [0.3, 0.4) is 0 Å². The van der Waals surface area contributed by atoms with Crippen LogP contribution < -0.4 is 15.4 Å². The second kappa shape index (κ2) is 8.36. The molecule has 0 bridgehead atoms. The average Bonchev–Trinajstić information content (AvgIpc) is 2.55. The van der Waals surface area contributed by atoms with Crippen molar-refractivity contribution in [3.05, 3.63) is 38.6 Å². The predicted octanol–water partition coefficient (Wildman–Crippen LogP) is 3.27. The zero-order valence-corrected chi connectivity index (χ0v) is 16.1. The van der Waals surface area contributed by atoms with Gasteiger partial charge in [0.25, 0.3) is 0 Å². The lowest BCUT2D eigenvalue weighted by Crippen LogP contribution is -2.45. The number of esters is 1. The third kappa shape index (κ3) is 4.19. The molecular weight excluding hydrogens is 423 g/mol. The van der Waals surface area contributed by atoms with Crippen LogP contribution in [0.2, 0.25) is 0 Å². The highest BCUT2D eigenvalue weighted by atomic mass is 127. The molecule has 2 rings (SSSR count). The van der Waals surface area contributed by atoms with Crippen LogP contribution in [0.5, 0.6) is 5.75 Å². The number of rotatable bonds is 6. The van der Waals surface area contributed by atoms with Crippen molar-refractivity contribution in [2.75, 3.05) is 13.7 Å². The molecule has 2 amide bonds. The van der Waals surface area contributed by atoms with E-state index in [0.717, 1.165) is 22.0 Å². The highest BCUT2D eigenvalue weighted by Crippen LogP contribution is 2.34. The second-order valence-electron chi connectivity index (χ2n) is 5.45. The Labute approximate surface area is 155 Å². The maximum atomic E-state index is 12.2. The molecule has 0 saturated carbocycles. The lowest BCUT2D eigenvalue weighted by molar-refractivity contribution is -0.136. The molecule has 1 aliphatic heterocycles. The van der Waals surface area contributed by atoms with Crippen molar-refractivity contribution in [3.8, 4) is 5.75 Å². The van der Waals surface area contributed by atoms with Gasteiger partial charge >= 0.3 is 12.0 Å². The Morgan fingerprint density at radius 2 is 2.12 bits per heavy atom. The van der Waals surface area contributed by atoms with Crippen LogP contribution in [0.1, 0.15) is 38.3 Å². The predicted molar refractivity (Wildman–Crippen MR) is 98.7 cm³/mol. The van der Waals surface area contributed by atoms with Crippen LogP contribution in [-0.2, 0) is 9.53 Å². The summed E-state index contributed by atoms with van der Waals surface area (Å²) < 4.78 is 11.7. The van der Waals surface area contributed by atoms with Crippen LogP contribution >= 0.6 is 22.6 Å². The molecule has 6 nitrogen and oxygen atoms in total. The molecule has 130 valence electrons. The van der Waals surface area contributed by atoms with Crippen molar-refractivity contribution in [3.63, 3.8) is 0 Å². The number of ether oxygens (including phenoxy) is 2. The number of hydrogen-bond acceptors (Lipinski definition) is 4. The number of amides is 2. The number of carbonyl (C=O) groups excluding carboxylic acids is 2. The third-order valence-corrected chi connectivity index (χ3v) is 4.38. The van der Waals surface area contributed by atoms with Crippen molar-refractivity contribution in [2.45, 2.75) is 32.7 Å². The number of benzene rings is 1. The van der Waals surface area contributed by atoms with E-state index in [-0.39, 0.29) is 6.03 Å². The number of unbranched alkanes of at least 4 members (excludes halogenated alkanes) is 1. The highest BCUT2D eigenvalue weighted by Gasteiger charge is 2.33. The first kappa shape index (κ1) is 18.6. The fourth-order valence-electron chi connectivity index (χ4n) is 2.51. The molecule has 24 heavy (non-hydrogen) atoms. The van der Waals surface area contributed by atoms with Crippen molar-refractivity contribution in [1.82, 2.24) is 10.6 Å². The molecule has 1 atom stereocenters. The van der Waals surface area contributed by atoms with Gasteiger partial charge in [0.1, 0.15) is 5.75 Å². The maximum absolute atomic E-state index is 12.2. The molecular formula is C17H21IN2O4. The SMILES string of the molecule is CCCCOc1ccc(I)cc1C1NC(=O)NC(C)=C1C(=O)OC. The van der Waals surface area contributed by atoms with Gasteiger partial charge in [0.15, 0.2) is 0 Å². The molecule has 1 aliphatic rings. The molecule has 1 unspecified atom stereocenters. The van der Waals surface area contributed by atoms with E-state index in [2.05, 4.69) is 40.1 Å². The van der Waals surface area contributed by atoms with Gasteiger partial charge in [-0.2, -0.15) is 0 Å². The third-order valence-electron chi connectivity index (χ3n) is 3.71. The zero-order chi connectivity index (χ0) is 17.7. The molecule has 1 aromatic rings. The van der Waals surface area contributed by atoms with E-state index in [1.54, 1.807) is 6.92 Å². The van der Waals surface area contributed by atoms with Crippen LogP contribution in [0.15, 0.2) is 29.5 Å². The van der Waals surface area contributed by atoms with Crippen LogP contribution in [0, 0.1) is 3.57 Å². The summed E-state index contributed by atoms with van der Waals surface area (Å²) in [7, 11) is 1.32. The standard InChI is InChI=1S/C17H21IN2O4/c1-4-5-8-24-13-7-6-11(18)9-12(13)15-14(16(21)23-3)10(2)19-17(22)20-15/h6-7,9,15H,4-5,8H2,1-3H3,(H2,19,20,22). The van der Waals surface area contributed by atoms with Gasteiger partial charge in [-0.15, -0.1) is 0 Å². The van der Waals surface area contributed by atoms with Crippen LogP contribution in [-0.4, -0.2) is 25.7 Å². The Morgan fingerprint density at radius 1 is 1.38 bits per heavy atom. The molecule has 0 saturated heterocycles. The zero-order valence-electron chi connectivity index (χ0n) is 13.9. The van der Waals surface area contributed by atoms with Crippen LogP contribution in [0.25, 0.3) is 0 Å². The summed E-state index contributed by atoms with van der Waals surface area (Å²) in [6.07, 6.45) is 1.96. The van der Waals surface area contributed by atoms with Gasteiger partial charge in [-0.25, -0.2) is 9.59 Å². The molecule has 0 radical (unpaired) electrons. The van der Waals surface area contributed by atoms with Crippen molar-refractivity contribution in [1.29, 1.82) is 0 Å². The number of carbonyl (C=O) groups is 2. The normalized spacial score (nSPS) is 17.2. The van der Waals surface area contributed by atoms with E-state index in [9.17, 15) is 9.59 Å². The molecule has 7 heteroatoms. The first-order valence-electron chi connectivity index (χ1n) is 7.76. The minimum atomic E-state index is -0.613. The quantitative estimate of drug-likeness (QED) is 0.401. The molecule has 0 fully saturated rings. The van der Waals surface area contributed by atoms with E-state index in [0.29, 0.717) is 23.6 Å². The molecule has 1 aromatic carbocycles. The summed E-state index contributed by atoms with van der Waals surface area (Å²) in [6, 6.07) is 4.74. The summed E-state index contributed by atoms with van der Waals surface area (Å²) in [6.45, 7) is 4.36. The Morgan fingerprint density at radius 3 is 2.79 bits per heavy atom. The summed E-state index contributed by atoms with van der Waals surface area (Å²) in [5.74, 6) is 0.175. The largest absolute Gasteiger partial charge is 0.493 e. The Kier molecular flexibility index (Phi) is 6.47. The molecule has 1 heterocycles. The highest BCUT2D eigenvalue weighted by molar-refractivity contribution is 14.1. The van der Waals surface area contributed by atoms with Crippen molar-refractivity contribution in [2.24, 2.45) is 0 Å². The van der Waals surface area contributed by atoms with Gasteiger partial charge < -0.3 is 20.1 Å². The number of halogens is 1. The summed E-state index contributed by atoms with van der Waals surface area (Å²) in [4.78, 5) is 24.1. The van der Waals surface area contributed by atoms with E-state index in [1.807, 2.05) is 18.2 Å². The topological polar surface area (TPSA) is 76.7 Å². The molecule has 0 spiro atoms. The van der Waals surface area contributed by atoms with Gasteiger partial charge in [-0.05, 0) is 54.1 Å². The maximum Gasteiger partial charge on any atom is 0.337 e. The number of urea groups is 1. The van der Waals surface area contributed by atoms with Gasteiger partial charge in [0.2, 0.25) is 0 Å². The van der Waals surface area contributed by atoms with Crippen molar-refractivity contribution >= 4 is 34.6 Å². The number of hydrogen-bond donors (Lipinski definition) is 2. The minimum absolute atomic E-state index is 0.358. The smallest absolute Gasteiger partial charge is 0.337 e. The van der Waals surface area contributed by atoms with Gasteiger partial charge in [0, 0.05) is 14.8 Å². The second-order valence-corrected chi connectivity index (χ2v) is 6.69. The van der Waals surface area contributed by atoms with Gasteiger partial charge in [-0.1, -0.05) is 13.3 Å². The lowest BCUT2D eigenvalue weighted by atomic mass is 9.95. The minimum Gasteiger partial charge on any atom is -0.493 e. The van der Waals surface area contributed by atoms with E-state index >= 15 is 0 Å². The first-order chi connectivity index (χ1) is 11.5. The Bertz CT molecular complexity index is 673. The molecule has 0 aromatic heterocycles. The van der Waals surface area contributed by atoms with Gasteiger partial charge in [-0.3, -0.25) is 0 Å². The molecule has 2 N–H and O–H groups in total. The number of methoxy groups -OCH3 is 1. The number of nitrogens with one attached hydrogen (secondary N) is 2. The van der Waals surface area contributed by atoms with Crippen molar-refractivity contribution < 1.29 is 19.1 Å². The summed E-state index contributed by atoms with van der Waals surface area (Å²) in [5.41, 5.74) is 1.60. The van der Waals surface area contributed by atoms with Crippen LogP contribution in [0.4, 0.5) is 4.79 Å². The average molecular weight is 444 g/mol. The fourth-order valence-corrected chi connectivity index (χ4v) is 3.03. The summed E-state index contributed by atoms with van der Waals surface area (Å²) in [5, 5.41) is 5.41. The van der Waals surface area contributed by atoms with E-state index in [4.69, 9.17) is 9.47 Å². The van der Waals surface area contributed by atoms with E-state index < -0.39 is 12.0 Å². The lowest BCUT2D eigenvalue weighted by Gasteiger charge is -2.29. The Balaban J connectivity index is 2.46.